The van der Waals surface area contributed by atoms with E-state index in [1.807, 2.05) is 0 Å². The monoisotopic (exact) mass is 697 g/mol. The van der Waals surface area contributed by atoms with Gasteiger partial charge >= 0.3 is 0 Å². The Bertz CT molecular complexity index is 1020. The van der Waals surface area contributed by atoms with Crippen molar-refractivity contribution < 1.29 is 0 Å². The molecule has 0 atom stereocenters. The molecule has 288 valence electrons. The highest BCUT2D eigenvalue weighted by Gasteiger charge is 2.10. The molecule has 0 spiro atoms. The molecule has 0 N–H and O–H groups in total. The van der Waals surface area contributed by atoms with E-state index >= 15 is 0 Å². The highest BCUT2D eigenvalue weighted by atomic mass is 14.2. The van der Waals surface area contributed by atoms with Crippen LogP contribution >= 0.6 is 0 Å². The Balaban J connectivity index is 2.54. The number of hydrogen-bond donors (Lipinski definition) is 0. The summed E-state index contributed by atoms with van der Waals surface area (Å²) in [7, 11) is 0. The fourth-order valence-corrected chi connectivity index (χ4v) is 6.60. The summed E-state index contributed by atoms with van der Waals surface area (Å²) in [6.07, 6.45) is 35.1. The van der Waals surface area contributed by atoms with Crippen LogP contribution in [0.1, 0.15) is 252 Å². The molecule has 0 saturated carbocycles. The lowest BCUT2D eigenvalue weighted by molar-refractivity contribution is 0.356. The van der Waals surface area contributed by atoms with Gasteiger partial charge in [-0.3, -0.25) is 0 Å². The summed E-state index contributed by atoms with van der Waals surface area (Å²) < 4.78 is 0. The van der Waals surface area contributed by atoms with Crippen LogP contribution in [0.25, 0.3) is 0 Å². The molecular formula is C51H84. The normalized spacial score (nSPS) is 11.7. The van der Waals surface area contributed by atoms with Gasteiger partial charge in [0.25, 0.3) is 0 Å². The summed E-state index contributed by atoms with van der Waals surface area (Å²) in [4.78, 5) is 0. The molecule has 0 aliphatic rings. The van der Waals surface area contributed by atoms with Crippen molar-refractivity contribution in [2.75, 3.05) is 0 Å². The van der Waals surface area contributed by atoms with Crippen LogP contribution in [0.15, 0.2) is 18.2 Å². The molecule has 1 aromatic rings. The van der Waals surface area contributed by atoms with E-state index < -0.39 is 0 Å². The predicted octanol–water partition coefficient (Wildman–Crippen LogP) is 16.4. The van der Waals surface area contributed by atoms with Gasteiger partial charge in [0.15, 0.2) is 0 Å². The van der Waals surface area contributed by atoms with Crippen LogP contribution in [0.4, 0.5) is 0 Å². The first-order valence-corrected chi connectivity index (χ1v) is 21.9. The van der Waals surface area contributed by atoms with Crippen molar-refractivity contribution >= 4 is 0 Å². The SMILES string of the molecule is CC(C)(C)CCCCCCCCCC#Cc1cc(C#CCCCCCCCCCC(C)(C)C)cc(C#CCCCCCCCCCC(C)(C)C)c1. The van der Waals surface area contributed by atoms with Gasteiger partial charge in [-0.15, -0.1) is 0 Å². The third-order valence-electron chi connectivity index (χ3n) is 9.82. The van der Waals surface area contributed by atoms with Crippen molar-refractivity contribution in [3.63, 3.8) is 0 Å². The third kappa shape index (κ3) is 33.5. The van der Waals surface area contributed by atoms with Crippen molar-refractivity contribution in [1.29, 1.82) is 0 Å². The van der Waals surface area contributed by atoms with E-state index in [2.05, 4.69) is 116 Å². The Labute approximate surface area is 321 Å². The molecule has 1 rings (SSSR count). The molecule has 0 aliphatic carbocycles. The Kier molecular flexibility index (Phi) is 26.1. The van der Waals surface area contributed by atoms with Gasteiger partial charge in [-0.05, 0) is 73.0 Å². The van der Waals surface area contributed by atoms with Crippen LogP contribution in [0, 0.1) is 51.8 Å². The molecule has 0 aliphatic heterocycles. The summed E-state index contributed by atoms with van der Waals surface area (Å²) in [5.41, 5.74) is 4.66. The minimum atomic E-state index is 0.480. The Morgan fingerprint density at radius 3 is 0.706 bits per heavy atom. The van der Waals surface area contributed by atoms with Crippen LogP contribution in [0.2, 0.25) is 0 Å². The van der Waals surface area contributed by atoms with Gasteiger partial charge in [0.1, 0.15) is 0 Å². The van der Waals surface area contributed by atoms with Gasteiger partial charge in [0, 0.05) is 36.0 Å². The zero-order valence-corrected chi connectivity index (χ0v) is 35.8. The van der Waals surface area contributed by atoms with Crippen molar-refractivity contribution in [2.24, 2.45) is 16.2 Å². The molecule has 0 nitrogen and oxygen atoms in total. The topological polar surface area (TPSA) is 0 Å². The summed E-state index contributed by atoms with van der Waals surface area (Å²) in [5, 5.41) is 0. The lowest BCUT2D eigenvalue weighted by atomic mass is 9.89. The van der Waals surface area contributed by atoms with Gasteiger partial charge in [-0.25, -0.2) is 0 Å². The Morgan fingerprint density at radius 1 is 0.294 bits per heavy atom. The minimum Gasteiger partial charge on any atom is -0.0979 e. The first kappa shape index (κ1) is 46.9. The highest BCUT2D eigenvalue weighted by Crippen LogP contribution is 2.24. The molecule has 0 amide bonds. The number of benzene rings is 1. The van der Waals surface area contributed by atoms with Crippen molar-refractivity contribution in [3.8, 4) is 35.5 Å². The van der Waals surface area contributed by atoms with Crippen LogP contribution in [0.3, 0.4) is 0 Å². The number of unbranched alkanes of at least 4 members (excludes halogenated alkanes) is 21. The summed E-state index contributed by atoms with van der Waals surface area (Å²) in [6.45, 7) is 21.2. The van der Waals surface area contributed by atoms with Crippen molar-refractivity contribution in [1.82, 2.24) is 0 Å². The smallest absolute Gasteiger partial charge is 0.0270 e. The van der Waals surface area contributed by atoms with E-state index in [9.17, 15) is 0 Å². The van der Waals surface area contributed by atoms with Gasteiger partial charge < -0.3 is 0 Å². The first-order chi connectivity index (χ1) is 24.2. The molecular weight excluding hydrogens is 613 g/mol. The first-order valence-electron chi connectivity index (χ1n) is 21.9. The van der Waals surface area contributed by atoms with Gasteiger partial charge in [-0.2, -0.15) is 0 Å². The molecule has 0 aromatic heterocycles. The van der Waals surface area contributed by atoms with Crippen molar-refractivity contribution in [2.45, 2.75) is 236 Å². The molecule has 0 heterocycles. The van der Waals surface area contributed by atoms with Gasteiger partial charge in [0.2, 0.25) is 0 Å². The second-order valence-corrected chi connectivity index (χ2v) is 19.3. The van der Waals surface area contributed by atoms with Crippen LogP contribution in [0.5, 0.6) is 0 Å². The lowest BCUT2D eigenvalue weighted by Crippen LogP contribution is -2.03. The van der Waals surface area contributed by atoms with E-state index in [0.717, 1.165) is 36.0 Å². The van der Waals surface area contributed by atoms with Gasteiger partial charge in [0.05, 0.1) is 0 Å². The van der Waals surface area contributed by atoms with E-state index in [1.54, 1.807) is 0 Å². The molecule has 0 radical (unpaired) electrons. The van der Waals surface area contributed by atoms with E-state index in [0.29, 0.717) is 16.2 Å². The molecule has 0 bridgehead atoms. The molecule has 0 saturated heterocycles. The van der Waals surface area contributed by atoms with E-state index in [4.69, 9.17) is 0 Å². The van der Waals surface area contributed by atoms with Crippen LogP contribution in [-0.4, -0.2) is 0 Å². The predicted molar refractivity (Wildman–Crippen MR) is 230 cm³/mol. The van der Waals surface area contributed by atoms with Crippen LogP contribution in [-0.2, 0) is 0 Å². The number of hydrogen-bond acceptors (Lipinski definition) is 0. The Morgan fingerprint density at radius 2 is 0.490 bits per heavy atom. The van der Waals surface area contributed by atoms with E-state index in [-0.39, 0.29) is 0 Å². The number of rotatable bonds is 24. The van der Waals surface area contributed by atoms with Gasteiger partial charge in [-0.1, -0.05) is 213 Å². The third-order valence-corrected chi connectivity index (χ3v) is 9.82. The van der Waals surface area contributed by atoms with E-state index in [1.165, 1.54) is 154 Å². The quantitative estimate of drug-likeness (QED) is 0.0745. The molecule has 0 heteroatoms. The average molecular weight is 697 g/mol. The zero-order chi connectivity index (χ0) is 37.7. The molecule has 1 aromatic carbocycles. The molecule has 0 unspecified atom stereocenters. The molecule has 51 heavy (non-hydrogen) atoms. The van der Waals surface area contributed by atoms with Crippen molar-refractivity contribution in [3.05, 3.63) is 34.9 Å². The maximum absolute atomic E-state index is 3.47. The maximum Gasteiger partial charge on any atom is 0.0270 e. The summed E-state index contributed by atoms with van der Waals surface area (Å²) >= 11 is 0. The summed E-state index contributed by atoms with van der Waals surface area (Å²) in [5.74, 6) is 20.8. The van der Waals surface area contributed by atoms with Crippen LogP contribution < -0.4 is 0 Å². The second-order valence-electron chi connectivity index (χ2n) is 19.3. The maximum atomic E-state index is 3.47. The lowest BCUT2D eigenvalue weighted by Gasteiger charge is -2.17. The average Bonchev–Trinajstić information content (AvgIpc) is 3.03. The standard InChI is InChI=1S/C51H84/c1-49(2,3)40-34-28-22-16-10-13-19-25-31-37-46-43-47(38-32-26-20-14-11-17-23-29-35-41-50(4,5)6)45-48(44-46)39-33-27-21-15-12-18-24-30-36-42-51(7,8)9/h43-45H,10-30,34-36,40-42H2,1-9H3. The fourth-order valence-electron chi connectivity index (χ4n) is 6.60. The highest BCUT2D eigenvalue weighted by molar-refractivity contribution is 5.51. The second kappa shape index (κ2) is 28.4. The Hall–Kier alpha value is -2.10. The largest absolute Gasteiger partial charge is 0.0979 e. The molecule has 0 fully saturated rings. The summed E-state index contributed by atoms with van der Waals surface area (Å²) in [6, 6.07) is 6.55. The minimum absolute atomic E-state index is 0.480. The zero-order valence-electron chi connectivity index (χ0n) is 35.8. The fraction of sp³-hybridized carbons (Fsp3) is 0.765.